The highest BCUT2D eigenvalue weighted by atomic mass is 28.4. The number of carbonyl (C=O) groups is 1. The number of hydrogen-bond acceptors (Lipinski definition) is 6. The van der Waals surface area contributed by atoms with Gasteiger partial charge in [-0.15, -0.1) is 0 Å². The van der Waals surface area contributed by atoms with Gasteiger partial charge in [-0.2, -0.15) is 0 Å². The van der Waals surface area contributed by atoms with Crippen LogP contribution in [0.2, 0.25) is 16.6 Å². The Hall–Kier alpha value is -1.41. The normalized spacial score (nSPS) is 24.7. The van der Waals surface area contributed by atoms with Crippen LogP contribution in [0.5, 0.6) is 5.75 Å². The lowest BCUT2D eigenvalue weighted by molar-refractivity contribution is -0.156. The Morgan fingerprint density at radius 2 is 1.60 bits per heavy atom. The predicted octanol–water partition coefficient (Wildman–Crippen LogP) is 4.45. The second-order valence-corrected chi connectivity index (χ2v) is 14.8. The zero-order valence-electron chi connectivity index (χ0n) is 19.6. The molecule has 3 atom stereocenters. The number of ether oxygens (including phenoxy) is 3. The fourth-order valence-corrected chi connectivity index (χ4v) is 10.3. The summed E-state index contributed by atoms with van der Waals surface area (Å²) in [5.41, 5.74) is 0.440. The average Bonchev–Trinajstić information content (AvgIpc) is 2.88. The first-order valence-electron chi connectivity index (χ1n) is 10.8. The van der Waals surface area contributed by atoms with Gasteiger partial charge in [0.05, 0.1) is 20.3 Å². The monoisotopic (exact) mass is 438 g/mol. The van der Waals surface area contributed by atoms with E-state index in [1.165, 1.54) is 6.92 Å². The van der Waals surface area contributed by atoms with Gasteiger partial charge < -0.3 is 23.7 Å². The summed E-state index contributed by atoms with van der Waals surface area (Å²) in [6, 6.07) is 7.49. The van der Waals surface area contributed by atoms with Gasteiger partial charge in [0.2, 0.25) is 8.32 Å². The second-order valence-electron chi connectivity index (χ2n) is 9.30. The Balaban J connectivity index is 2.15. The molecule has 7 heteroatoms. The molecule has 1 N–H and O–H groups in total. The fraction of sp³-hybridized carbons (Fsp3) is 0.696. The van der Waals surface area contributed by atoms with E-state index < -0.39 is 32.1 Å². The van der Waals surface area contributed by atoms with E-state index in [4.69, 9.17) is 18.6 Å². The fourth-order valence-electron chi connectivity index (χ4n) is 4.82. The molecular formula is C23H38O6Si. The molecule has 0 bridgehead atoms. The van der Waals surface area contributed by atoms with Gasteiger partial charge in [0.25, 0.3) is 0 Å². The number of aliphatic hydroxyl groups is 1. The van der Waals surface area contributed by atoms with Crippen molar-refractivity contribution in [3.05, 3.63) is 29.8 Å². The smallest absolute Gasteiger partial charge is 0.341 e. The van der Waals surface area contributed by atoms with Crippen molar-refractivity contribution in [3.8, 4) is 5.75 Å². The number of carbonyl (C=O) groups excluding carboxylic acids is 1. The van der Waals surface area contributed by atoms with Gasteiger partial charge in [-0.1, -0.05) is 53.7 Å². The minimum absolute atomic E-state index is 0.232. The highest BCUT2D eigenvalue weighted by Crippen LogP contribution is 2.43. The third kappa shape index (κ3) is 4.90. The minimum Gasteiger partial charge on any atom is -0.497 e. The molecule has 6 nitrogen and oxygen atoms in total. The van der Waals surface area contributed by atoms with Crippen molar-refractivity contribution in [2.75, 3.05) is 13.7 Å². The summed E-state index contributed by atoms with van der Waals surface area (Å²) in [7, 11) is -0.518. The largest absolute Gasteiger partial charge is 0.497 e. The van der Waals surface area contributed by atoms with Crippen LogP contribution in [0.15, 0.2) is 24.3 Å². The van der Waals surface area contributed by atoms with E-state index in [2.05, 4.69) is 41.5 Å². The number of cyclic esters (lactones) is 1. The van der Waals surface area contributed by atoms with E-state index >= 15 is 0 Å². The SMILES string of the molecule is COc1ccc(CO[C@@H]2[C@@H](CO[Si](C(C)C)(C(C)C)C(C)C)OC(=O)[C@@]2(C)O)cc1. The van der Waals surface area contributed by atoms with Crippen molar-refractivity contribution in [2.45, 2.75) is 89.5 Å². The molecule has 1 heterocycles. The molecule has 0 amide bonds. The van der Waals surface area contributed by atoms with Crippen molar-refractivity contribution in [1.29, 1.82) is 0 Å². The van der Waals surface area contributed by atoms with Crippen molar-refractivity contribution in [3.63, 3.8) is 0 Å². The van der Waals surface area contributed by atoms with Crippen LogP contribution in [0.4, 0.5) is 0 Å². The van der Waals surface area contributed by atoms with Gasteiger partial charge >= 0.3 is 5.97 Å². The lowest BCUT2D eigenvalue weighted by Gasteiger charge is -2.42. The highest BCUT2D eigenvalue weighted by molar-refractivity contribution is 6.77. The first-order chi connectivity index (χ1) is 14.0. The molecular weight excluding hydrogens is 400 g/mol. The molecule has 0 radical (unpaired) electrons. The molecule has 0 spiro atoms. The van der Waals surface area contributed by atoms with Crippen LogP contribution in [0.1, 0.15) is 54.0 Å². The molecule has 1 aromatic rings. The van der Waals surface area contributed by atoms with Crippen LogP contribution >= 0.6 is 0 Å². The van der Waals surface area contributed by atoms with Crippen LogP contribution in [0, 0.1) is 0 Å². The van der Waals surface area contributed by atoms with Crippen molar-refractivity contribution < 1.29 is 28.5 Å². The Morgan fingerprint density at radius 1 is 1.07 bits per heavy atom. The molecule has 1 aliphatic rings. The number of esters is 1. The van der Waals surface area contributed by atoms with Gasteiger partial charge in [0.1, 0.15) is 11.9 Å². The molecule has 0 unspecified atom stereocenters. The van der Waals surface area contributed by atoms with E-state index in [1.807, 2.05) is 24.3 Å². The molecule has 2 rings (SSSR count). The molecule has 1 aliphatic heterocycles. The van der Waals surface area contributed by atoms with E-state index in [9.17, 15) is 9.90 Å². The first kappa shape index (κ1) is 24.9. The summed E-state index contributed by atoms with van der Waals surface area (Å²) in [5.74, 6) is 0.0930. The molecule has 0 aliphatic carbocycles. The van der Waals surface area contributed by atoms with Crippen molar-refractivity contribution >= 4 is 14.3 Å². The number of rotatable bonds is 10. The molecule has 30 heavy (non-hydrogen) atoms. The minimum atomic E-state index is -2.13. The number of hydrogen-bond donors (Lipinski definition) is 1. The number of methoxy groups -OCH3 is 1. The van der Waals surface area contributed by atoms with E-state index in [1.54, 1.807) is 7.11 Å². The quantitative estimate of drug-likeness (QED) is 0.430. The van der Waals surface area contributed by atoms with Crippen LogP contribution in [0.25, 0.3) is 0 Å². The van der Waals surface area contributed by atoms with Gasteiger partial charge in [-0.25, -0.2) is 4.79 Å². The van der Waals surface area contributed by atoms with Gasteiger partial charge in [-0.3, -0.25) is 0 Å². The zero-order valence-corrected chi connectivity index (χ0v) is 20.6. The van der Waals surface area contributed by atoms with Crippen LogP contribution in [-0.2, 0) is 25.3 Å². The van der Waals surface area contributed by atoms with Gasteiger partial charge in [-0.05, 0) is 41.2 Å². The Labute approximate surface area is 182 Å². The molecule has 170 valence electrons. The van der Waals surface area contributed by atoms with Crippen molar-refractivity contribution in [1.82, 2.24) is 0 Å². The van der Waals surface area contributed by atoms with Gasteiger partial charge in [0.15, 0.2) is 11.7 Å². The summed E-state index contributed by atoms with van der Waals surface area (Å²) in [6.07, 6.45) is -1.45. The predicted molar refractivity (Wildman–Crippen MR) is 119 cm³/mol. The maximum absolute atomic E-state index is 12.3. The summed E-state index contributed by atoms with van der Waals surface area (Å²) in [4.78, 5) is 12.3. The average molecular weight is 439 g/mol. The summed E-state index contributed by atoms with van der Waals surface area (Å²) in [6.45, 7) is 15.2. The molecule has 0 saturated carbocycles. The highest BCUT2D eigenvalue weighted by Gasteiger charge is 2.55. The Bertz CT molecular complexity index is 676. The van der Waals surface area contributed by atoms with Crippen LogP contribution in [0.3, 0.4) is 0 Å². The van der Waals surface area contributed by atoms with Gasteiger partial charge in [0, 0.05) is 0 Å². The standard InChI is InChI=1S/C23H38O6Si/c1-15(2)30(16(3)4,17(5)6)28-14-20-21(23(7,25)22(24)29-20)27-13-18-9-11-19(26-8)12-10-18/h9-12,15-17,20-21,25H,13-14H2,1-8H3/t20-,21-,23+/m1/s1. The molecule has 0 aromatic heterocycles. The van der Waals surface area contributed by atoms with Crippen LogP contribution < -0.4 is 4.74 Å². The maximum Gasteiger partial charge on any atom is 0.341 e. The topological polar surface area (TPSA) is 74.2 Å². The van der Waals surface area contributed by atoms with Crippen molar-refractivity contribution in [2.24, 2.45) is 0 Å². The Morgan fingerprint density at radius 3 is 2.07 bits per heavy atom. The van der Waals surface area contributed by atoms with E-state index in [-0.39, 0.29) is 13.2 Å². The second kappa shape index (κ2) is 9.81. The van der Waals surface area contributed by atoms with Crippen LogP contribution in [-0.4, -0.2) is 50.9 Å². The summed E-state index contributed by atoms with van der Waals surface area (Å²) in [5, 5.41) is 10.7. The molecule has 1 saturated heterocycles. The maximum atomic E-state index is 12.3. The lowest BCUT2D eigenvalue weighted by atomic mass is 9.98. The summed E-state index contributed by atoms with van der Waals surface area (Å²) >= 11 is 0. The van der Waals surface area contributed by atoms with E-state index in [0.717, 1.165) is 11.3 Å². The lowest BCUT2D eigenvalue weighted by Crippen LogP contribution is -2.51. The zero-order chi connectivity index (χ0) is 22.7. The first-order valence-corrected chi connectivity index (χ1v) is 12.9. The Kier molecular flexibility index (Phi) is 8.13. The molecule has 1 aromatic carbocycles. The third-order valence-corrected chi connectivity index (χ3v) is 12.4. The third-order valence-electron chi connectivity index (χ3n) is 6.36. The number of benzene rings is 1. The summed E-state index contributed by atoms with van der Waals surface area (Å²) < 4.78 is 23.3. The van der Waals surface area contributed by atoms with E-state index in [0.29, 0.717) is 16.6 Å². The molecule has 1 fully saturated rings.